The minimum Gasteiger partial charge on any atom is -0.454 e. The number of esters is 1. The number of rotatable bonds is 7. The van der Waals surface area contributed by atoms with E-state index >= 15 is 0 Å². The van der Waals surface area contributed by atoms with Crippen LogP contribution in [-0.4, -0.2) is 39.7 Å². The fourth-order valence-corrected chi connectivity index (χ4v) is 4.08. The van der Waals surface area contributed by atoms with E-state index in [0.29, 0.717) is 18.0 Å². The number of carbonyl (C=O) groups is 3. The number of hydrogen-bond donors (Lipinski definition) is 2. The SMILES string of the molecule is CCCn1c(=O)n(CC(=O)OCC(=O)NC(=O)NC2CCCCC2C)c2ccccc21. The van der Waals surface area contributed by atoms with Crippen molar-refractivity contribution < 1.29 is 19.1 Å². The summed E-state index contributed by atoms with van der Waals surface area (Å²) in [7, 11) is 0. The quantitative estimate of drug-likeness (QED) is 0.654. The lowest BCUT2D eigenvalue weighted by Crippen LogP contribution is -2.48. The molecular formula is C22H30N4O5. The number of benzene rings is 1. The highest BCUT2D eigenvalue weighted by Gasteiger charge is 2.23. The lowest BCUT2D eigenvalue weighted by Gasteiger charge is -2.29. The lowest BCUT2D eigenvalue weighted by atomic mass is 9.86. The molecule has 31 heavy (non-hydrogen) atoms. The van der Waals surface area contributed by atoms with Gasteiger partial charge in [-0.15, -0.1) is 0 Å². The van der Waals surface area contributed by atoms with Crippen molar-refractivity contribution >= 4 is 28.9 Å². The molecule has 1 saturated carbocycles. The highest BCUT2D eigenvalue weighted by atomic mass is 16.5. The smallest absolute Gasteiger partial charge is 0.329 e. The van der Waals surface area contributed by atoms with Crippen LogP contribution < -0.4 is 16.3 Å². The summed E-state index contributed by atoms with van der Waals surface area (Å²) in [5.74, 6) is -1.08. The van der Waals surface area contributed by atoms with E-state index < -0.39 is 24.5 Å². The van der Waals surface area contributed by atoms with Crippen molar-refractivity contribution in [1.82, 2.24) is 19.8 Å². The Hall–Kier alpha value is -3.10. The Morgan fingerprint density at radius 2 is 1.77 bits per heavy atom. The normalized spacial score (nSPS) is 18.5. The van der Waals surface area contributed by atoms with E-state index in [2.05, 4.69) is 17.6 Å². The molecule has 0 spiro atoms. The molecule has 1 fully saturated rings. The second kappa shape index (κ2) is 10.3. The molecule has 3 amide bonds. The summed E-state index contributed by atoms with van der Waals surface area (Å²) in [5, 5.41) is 5.00. The fraction of sp³-hybridized carbons (Fsp3) is 0.545. The molecule has 1 aromatic carbocycles. The zero-order chi connectivity index (χ0) is 22.4. The predicted octanol–water partition coefficient (Wildman–Crippen LogP) is 2.16. The van der Waals surface area contributed by atoms with Gasteiger partial charge >= 0.3 is 17.7 Å². The van der Waals surface area contributed by atoms with Gasteiger partial charge in [0, 0.05) is 12.6 Å². The maximum absolute atomic E-state index is 12.7. The summed E-state index contributed by atoms with van der Waals surface area (Å²) in [5.41, 5.74) is 1.07. The highest BCUT2D eigenvalue weighted by molar-refractivity contribution is 5.95. The molecule has 0 saturated heterocycles. The first-order valence-corrected chi connectivity index (χ1v) is 10.8. The summed E-state index contributed by atoms with van der Waals surface area (Å²) in [4.78, 5) is 49.0. The molecule has 2 N–H and O–H groups in total. The molecule has 2 unspecified atom stereocenters. The second-order valence-electron chi connectivity index (χ2n) is 8.06. The van der Waals surface area contributed by atoms with Crippen molar-refractivity contribution in [2.75, 3.05) is 6.61 Å². The topological polar surface area (TPSA) is 111 Å². The maximum atomic E-state index is 12.7. The number of ether oxygens (including phenoxy) is 1. The first kappa shape index (κ1) is 22.6. The van der Waals surface area contributed by atoms with Crippen LogP contribution in [0, 0.1) is 5.92 Å². The van der Waals surface area contributed by atoms with E-state index in [4.69, 9.17) is 4.74 Å². The number of para-hydroxylation sites is 2. The molecule has 0 aliphatic heterocycles. The molecule has 0 bridgehead atoms. The van der Waals surface area contributed by atoms with E-state index in [9.17, 15) is 19.2 Å². The van der Waals surface area contributed by atoms with Crippen LogP contribution >= 0.6 is 0 Å². The van der Waals surface area contributed by atoms with Crippen LogP contribution in [0.3, 0.4) is 0 Å². The Labute approximate surface area is 180 Å². The number of fused-ring (bicyclic) bond motifs is 1. The molecule has 3 rings (SSSR count). The monoisotopic (exact) mass is 430 g/mol. The van der Waals surface area contributed by atoms with Crippen molar-refractivity contribution in [3.63, 3.8) is 0 Å². The van der Waals surface area contributed by atoms with Crippen molar-refractivity contribution in [3.8, 4) is 0 Å². The van der Waals surface area contributed by atoms with Gasteiger partial charge in [-0.2, -0.15) is 0 Å². The Bertz CT molecular complexity index is 1010. The van der Waals surface area contributed by atoms with Crippen LogP contribution in [0.5, 0.6) is 0 Å². The Morgan fingerprint density at radius 1 is 1.10 bits per heavy atom. The predicted molar refractivity (Wildman–Crippen MR) is 116 cm³/mol. The molecule has 1 heterocycles. The van der Waals surface area contributed by atoms with Crippen LogP contribution in [0.2, 0.25) is 0 Å². The highest BCUT2D eigenvalue weighted by Crippen LogP contribution is 2.23. The molecule has 2 aromatic rings. The average Bonchev–Trinajstić information content (AvgIpc) is 3.00. The third-order valence-electron chi connectivity index (χ3n) is 5.70. The number of amides is 3. The van der Waals surface area contributed by atoms with Crippen LogP contribution in [0.15, 0.2) is 29.1 Å². The molecular weight excluding hydrogens is 400 g/mol. The lowest BCUT2D eigenvalue weighted by molar-refractivity contribution is -0.148. The number of urea groups is 1. The minimum atomic E-state index is -0.724. The third kappa shape index (κ3) is 5.53. The Balaban J connectivity index is 1.53. The van der Waals surface area contributed by atoms with Crippen LogP contribution in [0.1, 0.15) is 46.0 Å². The van der Waals surface area contributed by atoms with Gasteiger partial charge in [0.15, 0.2) is 6.61 Å². The molecule has 9 heteroatoms. The van der Waals surface area contributed by atoms with E-state index in [1.165, 1.54) is 4.57 Å². The first-order chi connectivity index (χ1) is 14.9. The number of nitrogens with zero attached hydrogens (tertiary/aromatic N) is 2. The zero-order valence-corrected chi connectivity index (χ0v) is 18.1. The number of imidazole rings is 1. The average molecular weight is 431 g/mol. The van der Waals surface area contributed by atoms with Gasteiger partial charge in [-0.05, 0) is 37.3 Å². The minimum absolute atomic E-state index is 0.0383. The van der Waals surface area contributed by atoms with Gasteiger partial charge < -0.3 is 10.1 Å². The van der Waals surface area contributed by atoms with Gasteiger partial charge in [-0.1, -0.05) is 38.8 Å². The number of aryl methyl sites for hydroxylation is 1. The number of imide groups is 1. The molecule has 1 aliphatic carbocycles. The van der Waals surface area contributed by atoms with E-state index in [1.807, 2.05) is 19.1 Å². The fourth-order valence-electron chi connectivity index (χ4n) is 4.08. The Morgan fingerprint density at radius 3 is 2.45 bits per heavy atom. The van der Waals surface area contributed by atoms with Gasteiger partial charge in [-0.25, -0.2) is 9.59 Å². The molecule has 2 atom stereocenters. The maximum Gasteiger partial charge on any atom is 0.329 e. The van der Waals surface area contributed by atoms with Crippen LogP contribution in [0.4, 0.5) is 4.79 Å². The van der Waals surface area contributed by atoms with Gasteiger partial charge in [0.2, 0.25) is 0 Å². The van der Waals surface area contributed by atoms with E-state index in [-0.39, 0.29) is 18.3 Å². The van der Waals surface area contributed by atoms with Gasteiger partial charge in [0.25, 0.3) is 5.91 Å². The van der Waals surface area contributed by atoms with Crippen molar-refractivity contribution in [1.29, 1.82) is 0 Å². The van der Waals surface area contributed by atoms with Crippen molar-refractivity contribution in [2.24, 2.45) is 5.92 Å². The summed E-state index contributed by atoms with van der Waals surface area (Å²) in [6, 6.07) is 6.67. The summed E-state index contributed by atoms with van der Waals surface area (Å²) in [6.45, 7) is 3.69. The van der Waals surface area contributed by atoms with Crippen molar-refractivity contribution in [3.05, 3.63) is 34.7 Å². The second-order valence-corrected chi connectivity index (χ2v) is 8.06. The molecule has 168 valence electrons. The number of nitrogens with one attached hydrogen (secondary N) is 2. The summed E-state index contributed by atoms with van der Waals surface area (Å²) < 4.78 is 7.95. The summed E-state index contributed by atoms with van der Waals surface area (Å²) in [6.07, 6.45) is 4.91. The first-order valence-electron chi connectivity index (χ1n) is 10.8. The Kier molecular flexibility index (Phi) is 7.49. The molecule has 1 aliphatic rings. The number of hydrogen-bond acceptors (Lipinski definition) is 5. The molecule has 0 radical (unpaired) electrons. The van der Waals surface area contributed by atoms with Gasteiger partial charge in [0.1, 0.15) is 6.54 Å². The third-order valence-corrected chi connectivity index (χ3v) is 5.70. The molecule has 9 nitrogen and oxygen atoms in total. The summed E-state index contributed by atoms with van der Waals surface area (Å²) >= 11 is 0. The van der Waals surface area contributed by atoms with Crippen LogP contribution in [0.25, 0.3) is 11.0 Å². The van der Waals surface area contributed by atoms with Gasteiger partial charge in [-0.3, -0.25) is 24.0 Å². The van der Waals surface area contributed by atoms with Crippen LogP contribution in [-0.2, 0) is 27.4 Å². The largest absolute Gasteiger partial charge is 0.454 e. The standard InChI is InChI=1S/C22H30N4O5/c1-3-12-25-17-10-6-7-11-18(17)26(22(25)30)13-20(28)31-14-19(27)24-21(29)23-16-9-5-4-8-15(16)2/h6-7,10-11,15-16H,3-5,8-9,12-14H2,1-2H3,(H2,23,24,27,29). The number of aromatic nitrogens is 2. The van der Waals surface area contributed by atoms with Crippen molar-refractivity contribution in [2.45, 2.75) is 65.1 Å². The zero-order valence-electron chi connectivity index (χ0n) is 18.1. The van der Waals surface area contributed by atoms with E-state index in [0.717, 1.165) is 37.6 Å². The van der Waals surface area contributed by atoms with Gasteiger partial charge in [0.05, 0.1) is 11.0 Å². The number of carbonyl (C=O) groups excluding carboxylic acids is 3. The molecule has 1 aromatic heterocycles. The van der Waals surface area contributed by atoms with E-state index in [1.54, 1.807) is 16.7 Å².